The van der Waals surface area contributed by atoms with Crippen LogP contribution in [-0.4, -0.2) is 15.9 Å². The van der Waals surface area contributed by atoms with Crippen LogP contribution in [0.2, 0.25) is 0 Å². The van der Waals surface area contributed by atoms with Crippen molar-refractivity contribution in [3.05, 3.63) is 63.5 Å². The fraction of sp³-hybridized carbons (Fsp3) is 0.0714. The van der Waals surface area contributed by atoms with Gasteiger partial charge in [0.25, 0.3) is 11.6 Å². The van der Waals surface area contributed by atoms with Gasteiger partial charge in [-0.1, -0.05) is 6.07 Å². The summed E-state index contributed by atoms with van der Waals surface area (Å²) < 4.78 is 13.7. The molecule has 1 amide bonds. The molecule has 108 valence electrons. The molecule has 0 aromatic heterocycles. The molecule has 2 aromatic carbocycles. The molecule has 2 aromatic rings. The van der Waals surface area contributed by atoms with Gasteiger partial charge in [-0.3, -0.25) is 14.9 Å². The fourth-order valence-corrected chi connectivity index (χ4v) is 1.73. The Kier molecular flexibility index (Phi) is 3.84. The van der Waals surface area contributed by atoms with E-state index >= 15 is 0 Å². The van der Waals surface area contributed by atoms with E-state index in [0.717, 1.165) is 12.1 Å². The van der Waals surface area contributed by atoms with Crippen molar-refractivity contribution in [2.45, 2.75) is 6.92 Å². The van der Waals surface area contributed by atoms with Crippen LogP contribution in [0, 0.1) is 22.9 Å². The predicted molar refractivity (Wildman–Crippen MR) is 73.9 cm³/mol. The van der Waals surface area contributed by atoms with Crippen LogP contribution < -0.4 is 5.32 Å². The average Bonchev–Trinajstić information content (AvgIpc) is 2.40. The van der Waals surface area contributed by atoms with Gasteiger partial charge in [0.15, 0.2) is 0 Å². The Morgan fingerprint density at radius 2 is 2.00 bits per heavy atom. The molecule has 7 heteroatoms. The van der Waals surface area contributed by atoms with E-state index in [0.29, 0.717) is 5.56 Å². The summed E-state index contributed by atoms with van der Waals surface area (Å²) in [5.41, 5.74) is 0.137. The molecule has 0 bridgehead atoms. The maximum atomic E-state index is 13.7. The monoisotopic (exact) mass is 290 g/mol. The van der Waals surface area contributed by atoms with Crippen molar-refractivity contribution in [2.24, 2.45) is 0 Å². The van der Waals surface area contributed by atoms with Crippen LogP contribution in [0.1, 0.15) is 15.9 Å². The number of phenolic OH excluding ortho intramolecular Hbond substituents is 1. The number of non-ortho nitro benzene ring substituents is 1. The summed E-state index contributed by atoms with van der Waals surface area (Å²) in [6.07, 6.45) is 0. The van der Waals surface area contributed by atoms with E-state index in [2.05, 4.69) is 5.32 Å². The van der Waals surface area contributed by atoms with Crippen LogP contribution in [0.4, 0.5) is 15.8 Å². The molecule has 0 spiro atoms. The molecular formula is C14H11FN2O4. The van der Waals surface area contributed by atoms with Crippen LogP contribution in [-0.2, 0) is 0 Å². The lowest BCUT2D eigenvalue weighted by atomic mass is 10.1. The van der Waals surface area contributed by atoms with Gasteiger partial charge < -0.3 is 10.4 Å². The van der Waals surface area contributed by atoms with E-state index in [9.17, 15) is 24.4 Å². The maximum absolute atomic E-state index is 13.7. The first-order valence-electron chi connectivity index (χ1n) is 5.93. The molecule has 0 saturated carbocycles. The summed E-state index contributed by atoms with van der Waals surface area (Å²) in [4.78, 5) is 21.8. The number of halogens is 1. The zero-order chi connectivity index (χ0) is 15.6. The van der Waals surface area contributed by atoms with Gasteiger partial charge in [-0.2, -0.15) is 0 Å². The van der Waals surface area contributed by atoms with Crippen LogP contribution in [0.3, 0.4) is 0 Å². The van der Waals surface area contributed by atoms with Crippen molar-refractivity contribution in [3.63, 3.8) is 0 Å². The number of carbonyl (C=O) groups is 1. The van der Waals surface area contributed by atoms with E-state index in [1.165, 1.54) is 18.2 Å². The van der Waals surface area contributed by atoms with Crippen molar-refractivity contribution in [3.8, 4) is 5.75 Å². The SMILES string of the molecule is Cc1ccc(C(=O)Nc2ccc([N+](=O)[O-])cc2O)c(F)c1. The number of nitro benzene ring substituents is 1. The summed E-state index contributed by atoms with van der Waals surface area (Å²) in [6.45, 7) is 1.69. The minimum absolute atomic E-state index is 0.0365. The number of nitrogens with zero attached hydrogens (tertiary/aromatic N) is 1. The van der Waals surface area contributed by atoms with E-state index in [-0.39, 0.29) is 16.9 Å². The number of anilines is 1. The quantitative estimate of drug-likeness (QED) is 0.516. The third-order valence-electron chi connectivity index (χ3n) is 2.81. The number of rotatable bonds is 3. The second-order valence-electron chi connectivity index (χ2n) is 4.40. The number of amides is 1. The fourth-order valence-electron chi connectivity index (χ4n) is 1.73. The molecule has 2 N–H and O–H groups in total. The predicted octanol–water partition coefficient (Wildman–Crippen LogP) is 3.00. The second kappa shape index (κ2) is 5.58. The highest BCUT2D eigenvalue weighted by atomic mass is 19.1. The molecule has 0 aliphatic heterocycles. The van der Waals surface area contributed by atoms with E-state index in [1.807, 2.05) is 0 Å². The van der Waals surface area contributed by atoms with Crippen molar-refractivity contribution in [1.82, 2.24) is 0 Å². The molecule has 0 fully saturated rings. The Morgan fingerprint density at radius 1 is 1.29 bits per heavy atom. The number of aryl methyl sites for hydroxylation is 1. The first-order chi connectivity index (χ1) is 9.88. The highest BCUT2D eigenvalue weighted by Crippen LogP contribution is 2.28. The molecule has 0 saturated heterocycles. The van der Waals surface area contributed by atoms with Crippen molar-refractivity contribution >= 4 is 17.3 Å². The summed E-state index contributed by atoms with van der Waals surface area (Å²) in [5.74, 6) is -1.91. The Labute approximate surface area is 119 Å². The van der Waals surface area contributed by atoms with E-state index in [1.54, 1.807) is 13.0 Å². The topological polar surface area (TPSA) is 92.5 Å². The number of hydrogen-bond acceptors (Lipinski definition) is 4. The maximum Gasteiger partial charge on any atom is 0.273 e. The lowest BCUT2D eigenvalue weighted by Gasteiger charge is -2.08. The highest BCUT2D eigenvalue weighted by Gasteiger charge is 2.15. The summed E-state index contributed by atoms with van der Waals surface area (Å²) in [7, 11) is 0. The normalized spacial score (nSPS) is 10.2. The van der Waals surface area contributed by atoms with Crippen LogP contribution in [0.15, 0.2) is 36.4 Å². The first-order valence-corrected chi connectivity index (χ1v) is 5.93. The van der Waals surface area contributed by atoms with Crippen molar-refractivity contribution < 1.29 is 19.2 Å². The third kappa shape index (κ3) is 3.14. The minimum Gasteiger partial charge on any atom is -0.506 e. The van der Waals surface area contributed by atoms with Crippen LogP contribution >= 0.6 is 0 Å². The molecule has 0 atom stereocenters. The van der Waals surface area contributed by atoms with Gasteiger partial charge in [-0.05, 0) is 30.7 Å². The number of benzene rings is 2. The summed E-state index contributed by atoms with van der Waals surface area (Å²) in [5, 5.41) is 22.5. The number of nitrogens with one attached hydrogen (secondary N) is 1. The van der Waals surface area contributed by atoms with Gasteiger partial charge >= 0.3 is 0 Å². The Morgan fingerprint density at radius 3 is 2.57 bits per heavy atom. The van der Waals surface area contributed by atoms with Crippen LogP contribution in [0.5, 0.6) is 5.75 Å². The number of nitro groups is 1. The minimum atomic E-state index is -0.753. The molecule has 0 unspecified atom stereocenters. The van der Waals surface area contributed by atoms with Crippen molar-refractivity contribution in [1.29, 1.82) is 0 Å². The van der Waals surface area contributed by atoms with E-state index in [4.69, 9.17) is 0 Å². The number of phenols is 1. The Balaban J connectivity index is 2.25. The standard InChI is InChI=1S/C14H11FN2O4/c1-8-2-4-10(11(15)6-8)14(19)16-12-5-3-9(17(20)21)7-13(12)18/h2-7,18H,1H3,(H,16,19). The molecule has 6 nitrogen and oxygen atoms in total. The van der Waals surface area contributed by atoms with Gasteiger partial charge in [0, 0.05) is 6.07 Å². The number of carbonyl (C=O) groups excluding carboxylic acids is 1. The molecular weight excluding hydrogens is 279 g/mol. The van der Waals surface area contributed by atoms with Gasteiger partial charge in [-0.25, -0.2) is 4.39 Å². The van der Waals surface area contributed by atoms with Crippen LogP contribution in [0.25, 0.3) is 0 Å². The molecule has 0 aliphatic carbocycles. The molecule has 0 heterocycles. The van der Waals surface area contributed by atoms with Gasteiger partial charge in [-0.15, -0.1) is 0 Å². The summed E-state index contributed by atoms with van der Waals surface area (Å²) in [6, 6.07) is 7.32. The lowest BCUT2D eigenvalue weighted by molar-refractivity contribution is -0.384. The molecule has 0 aliphatic rings. The number of hydrogen-bond donors (Lipinski definition) is 2. The zero-order valence-corrected chi connectivity index (χ0v) is 11.0. The smallest absolute Gasteiger partial charge is 0.273 e. The largest absolute Gasteiger partial charge is 0.506 e. The molecule has 0 radical (unpaired) electrons. The lowest BCUT2D eigenvalue weighted by Crippen LogP contribution is -2.14. The second-order valence-corrected chi connectivity index (χ2v) is 4.40. The van der Waals surface area contributed by atoms with Gasteiger partial charge in [0.1, 0.15) is 11.6 Å². The highest BCUT2D eigenvalue weighted by molar-refractivity contribution is 6.05. The molecule has 2 rings (SSSR count). The third-order valence-corrected chi connectivity index (χ3v) is 2.81. The van der Waals surface area contributed by atoms with Gasteiger partial charge in [0.2, 0.25) is 0 Å². The Hall–Kier alpha value is -2.96. The first kappa shape index (κ1) is 14.4. The van der Waals surface area contributed by atoms with Gasteiger partial charge in [0.05, 0.1) is 22.2 Å². The average molecular weight is 290 g/mol. The Bertz CT molecular complexity index is 731. The number of aromatic hydroxyl groups is 1. The van der Waals surface area contributed by atoms with Crippen molar-refractivity contribution in [2.75, 3.05) is 5.32 Å². The zero-order valence-electron chi connectivity index (χ0n) is 11.0. The van der Waals surface area contributed by atoms with E-state index < -0.39 is 22.4 Å². The molecule has 21 heavy (non-hydrogen) atoms. The summed E-state index contributed by atoms with van der Waals surface area (Å²) >= 11 is 0.